The first kappa shape index (κ1) is 17.5. The van der Waals surface area contributed by atoms with Crippen LogP contribution in [0.5, 0.6) is 0 Å². The van der Waals surface area contributed by atoms with E-state index in [9.17, 15) is 9.59 Å². The van der Waals surface area contributed by atoms with E-state index in [4.69, 9.17) is 14.4 Å². The van der Waals surface area contributed by atoms with Crippen molar-refractivity contribution in [2.75, 3.05) is 32.6 Å². The summed E-state index contributed by atoms with van der Waals surface area (Å²) in [7, 11) is 1.51. The molecular formula is C13H20N2O5S. The summed E-state index contributed by atoms with van der Waals surface area (Å²) in [5.41, 5.74) is 1.80. The first-order valence-corrected chi connectivity index (χ1v) is 7.59. The number of methoxy groups -OCH3 is 1. The van der Waals surface area contributed by atoms with Crippen molar-refractivity contribution in [2.24, 2.45) is 0 Å². The Balaban J connectivity index is 2.47. The lowest BCUT2D eigenvalue weighted by Gasteiger charge is -2.20. The summed E-state index contributed by atoms with van der Waals surface area (Å²) < 4.78 is 9.94. The quantitative estimate of drug-likeness (QED) is 0.728. The van der Waals surface area contributed by atoms with Crippen molar-refractivity contribution in [3.8, 4) is 0 Å². The smallest absolute Gasteiger partial charge is 0.323 e. The van der Waals surface area contributed by atoms with Gasteiger partial charge in [-0.05, 0) is 13.8 Å². The van der Waals surface area contributed by atoms with Gasteiger partial charge >= 0.3 is 5.97 Å². The molecule has 0 aliphatic carbocycles. The number of aliphatic carboxylic acids is 1. The Labute approximate surface area is 127 Å². The lowest BCUT2D eigenvalue weighted by atomic mass is 10.2. The van der Waals surface area contributed by atoms with Crippen LogP contribution in [0.25, 0.3) is 0 Å². The van der Waals surface area contributed by atoms with Gasteiger partial charge < -0.3 is 19.3 Å². The lowest BCUT2D eigenvalue weighted by molar-refractivity contribution is -0.143. The van der Waals surface area contributed by atoms with Crippen LogP contribution in [0.15, 0.2) is 4.52 Å². The molecule has 1 amide bonds. The van der Waals surface area contributed by atoms with Gasteiger partial charge in [0.05, 0.1) is 18.1 Å². The molecule has 0 spiro atoms. The van der Waals surface area contributed by atoms with E-state index in [1.807, 2.05) is 13.8 Å². The molecule has 0 aliphatic rings. The van der Waals surface area contributed by atoms with Gasteiger partial charge in [-0.3, -0.25) is 9.59 Å². The number of thioether (sulfide) groups is 1. The number of ether oxygens (including phenoxy) is 1. The molecule has 8 heteroatoms. The largest absolute Gasteiger partial charge is 0.480 e. The van der Waals surface area contributed by atoms with Crippen molar-refractivity contribution in [2.45, 2.75) is 19.6 Å². The van der Waals surface area contributed by atoms with Crippen molar-refractivity contribution in [3.63, 3.8) is 0 Å². The van der Waals surface area contributed by atoms with Crippen molar-refractivity contribution in [1.29, 1.82) is 0 Å². The van der Waals surface area contributed by atoms with Crippen LogP contribution in [0.1, 0.15) is 17.0 Å². The number of amides is 1. The van der Waals surface area contributed by atoms with E-state index in [-0.39, 0.29) is 24.7 Å². The molecule has 1 heterocycles. The van der Waals surface area contributed by atoms with Crippen LogP contribution in [-0.2, 0) is 20.1 Å². The summed E-state index contributed by atoms with van der Waals surface area (Å²) in [5.74, 6) is 0.315. The van der Waals surface area contributed by atoms with Gasteiger partial charge in [0.2, 0.25) is 5.91 Å². The van der Waals surface area contributed by atoms with E-state index in [1.165, 1.54) is 23.8 Å². The average Bonchev–Trinajstić information content (AvgIpc) is 2.74. The number of carbonyl (C=O) groups excluding carboxylic acids is 1. The van der Waals surface area contributed by atoms with E-state index >= 15 is 0 Å². The van der Waals surface area contributed by atoms with Gasteiger partial charge in [0.25, 0.3) is 0 Å². The van der Waals surface area contributed by atoms with E-state index in [2.05, 4.69) is 5.16 Å². The molecule has 1 N–H and O–H groups in total. The second-order valence-corrected chi connectivity index (χ2v) is 5.48. The van der Waals surface area contributed by atoms with Crippen LogP contribution in [0.4, 0.5) is 0 Å². The van der Waals surface area contributed by atoms with E-state index in [0.717, 1.165) is 17.0 Å². The zero-order valence-corrected chi connectivity index (χ0v) is 13.2. The second kappa shape index (κ2) is 8.68. The monoisotopic (exact) mass is 316 g/mol. The topological polar surface area (TPSA) is 92.9 Å². The van der Waals surface area contributed by atoms with Crippen LogP contribution in [-0.4, -0.2) is 59.6 Å². The number of rotatable bonds is 9. The van der Waals surface area contributed by atoms with E-state index in [1.54, 1.807) is 0 Å². The summed E-state index contributed by atoms with van der Waals surface area (Å²) >= 11 is 1.41. The van der Waals surface area contributed by atoms with Crippen molar-refractivity contribution in [3.05, 3.63) is 17.0 Å². The molecule has 1 rings (SSSR count). The highest BCUT2D eigenvalue weighted by Gasteiger charge is 2.17. The van der Waals surface area contributed by atoms with Crippen molar-refractivity contribution < 1.29 is 24.0 Å². The lowest BCUT2D eigenvalue weighted by Crippen LogP contribution is -2.39. The summed E-state index contributed by atoms with van der Waals surface area (Å²) in [6, 6.07) is 0. The molecule has 1 aromatic rings. The highest BCUT2D eigenvalue weighted by Crippen LogP contribution is 2.19. The zero-order chi connectivity index (χ0) is 15.8. The van der Waals surface area contributed by atoms with Gasteiger partial charge in [0, 0.05) is 25.0 Å². The summed E-state index contributed by atoms with van der Waals surface area (Å²) in [4.78, 5) is 24.1. The number of hydrogen-bond donors (Lipinski definition) is 1. The highest BCUT2D eigenvalue weighted by molar-refractivity contribution is 7.99. The molecule has 0 aromatic carbocycles. The number of carboxylic acid groups (broad SMARTS) is 1. The third-order valence-corrected chi connectivity index (χ3v) is 3.84. The van der Waals surface area contributed by atoms with Gasteiger partial charge in [-0.25, -0.2) is 0 Å². The zero-order valence-electron chi connectivity index (χ0n) is 12.4. The summed E-state index contributed by atoms with van der Waals surface area (Å²) in [5, 5.41) is 12.7. The van der Waals surface area contributed by atoms with E-state index < -0.39 is 5.97 Å². The minimum atomic E-state index is -1.03. The Morgan fingerprint density at radius 2 is 2.14 bits per heavy atom. The number of nitrogens with zero attached hydrogens (tertiary/aromatic N) is 2. The maximum Gasteiger partial charge on any atom is 0.323 e. The molecule has 0 saturated carbocycles. The van der Waals surface area contributed by atoms with Gasteiger partial charge in [0.1, 0.15) is 12.3 Å². The number of carbonyl (C=O) groups is 2. The van der Waals surface area contributed by atoms with Crippen LogP contribution >= 0.6 is 11.8 Å². The summed E-state index contributed by atoms with van der Waals surface area (Å²) in [6.07, 6.45) is 0. The average molecular weight is 316 g/mol. The van der Waals surface area contributed by atoms with Crippen molar-refractivity contribution >= 4 is 23.6 Å². The number of aryl methyl sites for hydroxylation is 2. The van der Waals surface area contributed by atoms with Crippen LogP contribution in [0, 0.1) is 13.8 Å². The molecule has 0 radical (unpaired) electrons. The minimum absolute atomic E-state index is 0.209. The molecule has 1 aromatic heterocycles. The Hall–Kier alpha value is -1.54. The standard InChI is InChI=1S/C13H20N2O5S/c1-9-11(10(2)20-14-9)7-21-8-12(16)15(4-5-19-3)6-13(17)18/h4-8H2,1-3H3,(H,17,18). The molecule has 118 valence electrons. The van der Waals surface area contributed by atoms with Gasteiger partial charge in [-0.15, -0.1) is 11.8 Å². The molecule has 0 unspecified atom stereocenters. The Bertz CT molecular complexity index is 469. The van der Waals surface area contributed by atoms with Gasteiger partial charge in [-0.2, -0.15) is 0 Å². The molecule has 0 saturated heterocycles. The van der Waals surface area contributed by atoms with Crippen LogP contribution < -0.4 is 0 Å². The first-order valence-electron chi connectivity index (χ1n) is 6.43. The molecular weight excluding hydrogens is 296 g/mol. The number of hydrogen-bond acceptors (Lipinski definition) is 6. The Morgan fingerprint density at radius 3 is 2.67 bits per heavy atom. The Morgan fingerprint density at radius 1 is 1.43 bits per heavy atom. The molecule has 0 bridgehead atoms. The number of carboxylic acids is 1. The molecule has 0 atom stereocenters. The second-order valence-electron chi connectivity index (χ2n) is 4.50. The minimum Gasteiger partial charge on any atom is -0.480 e. The fraction of sp³-hybridized carbons (Fsp3) is 0.615. The summed E-state index contributed by atoms with van der Waals surface area (Å²) in [6.45, 7) is 3.95. The molecule has 0 fully saturated rings. The normalized spacial score (nSPS) is 10.6. The molecule has 21 heavy (non-hydrogen) atoms. The third kappa shape index (κ3) is 5.76. The SMILES string of the molecule is COCCN(CC(=O)O)C(=O)CSCc1c(C)noc1C. The van der Waals surface area contributed by atoms with Gasteiger partial charge in [0.15, 0.2) is 0 Å². The third-order valence-electron chi connectivity index (χ3n) is 2.90. The van der Waals surface area contributed by atoms with Crippen molar-refractivity contribution in [1.82, 2.24) is 10.1 Å². The molecule has 0 aliphatic heterocycles. The van der Waals surface area contributed by atoms with Gasteiger partial charge in [-0.1, -0.05) is 5.16 Å². The fourth-order valence-corrected chi connectivity index (χ4v) is 2.77. The predicted molar refractivity (Wildman–Crippen MR) is 78.2 cm³/mol. The highest BCUT2D eigenvalue weighted by atomic mass is 32.2. The fourth-order valence-electron chi connectivity index (χ4n) is 1.70. The first-order chi connectivity index (χ1) is 9.95. The van der Waals surface area contributed by atoms with Crippen LogP contribution in [0.3, 0.4) is 0 Å². The van der Waals surface area contributed by atoms with Crippen LogP contribution in [0.2, 0.25) is 0 Å². The maximum atomic E-state index is 12.0. The Kier molecular flexibility index (Phi) is 7.24. The number of aromatic nitrogens is 1. The maximum absolute atomic E-state index is 12.0. The van der Waals surface area contributed by atoms with E-state index in [0.29, 0.717) is 12.4 Å². The molecule has 7 nitrogen and oxygen atoms in total. The predicted octanol–water partition coefficient (Wildman–Crippen LogP) is 1.08.